The van der Waals surface area contributed by atoms with Crippen molar-refractivity contribution in [3.05, 3.63) is 82.4 Å². The molecule has 1 heterocycles. The van der Waals surface area contributed by atoms with E-state index < -0.39 is 17.3 Å². The fourth-order valence-electron chi connectivity index (χ4n) is 3.30. The number of phenolic OH excluding ortho intramolecular Hbond substituents is 1. The first-order valence-corrected chi connectivity index (χ1v) is 8.73. The molecular formula is C22H15F3N2O2. The van der Waals surface area contributed by atoms with Gasteiger partial charge in [-0.15, -0.1) is 0 Å². The normalized spacial score (nSPS) is 11.7. The lowest BCUT2D eigenvalue weighted by Gasteiger charge is -2.14. The highest BCUT2D eigenvalue weighted by atomic mass is 19.4. The Kier molecular flexibility index (Phi) is 4.38. The quantitative estimate of drug-likeness (QED) is 0.484. The molecule has 0 amide bonds. The number of aryl methyl sites for hydroxylation is 1. The highest BCUT2D eigenvalue weighted by Gasteiger charge is 2.30. The zero-order valence-corrected chi connectivity index (χ0v) is 15.2. The Labute approximate surface area is 163 Å². The van der Waals surface area contributed by atoms with Crippen molar-refractivity contribution in [3.63, 3.8) is 0 Å². The van der Waals surface area contributed by atoms with E-state index in [-0.39, 0.29) is 16.7 Å². The highest BCUT2D eigenvalue weighted by molar-refractivity contribution is 5.92. The predicted molar refractivity (Wildman–Crippen MR) is 105 cm³/mol. The Balaban J connectivity index is 1.92. The Morgan fingerprint density at radius 1 is 0.931 bits per heavy atom. The molecule has 3 aromatic carbocycles. The van der Waals surface area contributed by atoms with Crippen molar-refractivity contribution in [2.24, 2.45) is 0 Å². The van der Waals surface area contributed by atoms with Gasteiger partial charge < -0.3 is 10.1 Å². The summed E-state index contributed by atoms with van der Waals surface area (Å²) in [6.45, 7) is 1.88. The van der Waals surface area contributed by atoms with Crippen LogP contribution in [0.2, 0.25) is 0 Å². The Morgan fingerprint density at radius 3 is 2.34 bits per heavy atom. The molecule has 146 valence electrons. The molecule has 0 unspecified atom stereocenters. The summed E-state index contributed by atoms with van der Waals surface area (Å²) in [6.07, 6.45) is -3.20. The van der Waals surface area contributed by atoms with E-state index in [9.17, 15) is 23.1 Å². The van der Waals surface area contributed by atoms with E-state index >= 15 is 0 Å². The molecule has 0 radical (unpaired) electrons. The van der Waals surface area contributed by atoms with Crippen molar-refractivity contribution in [1.29, 1.82) is 0 Å². The third-order valence-corrected chi connectivity index (χ3v) is 4.73. The Bertz CT molecular complexity index is 1280. The minimum Gasteiger partial charge on any atom is -0.506 e. The summed E-state index contributed by atoms with van der Waals surface area (Å²) in [7, 11) is 0. The van der Waals surface area contributed by atoms with Gasteiger partial charge >= 0.3 is 6.18 Å². The van der Waals surface area contributed by atoms with E-state index in [0.29, 0.717) is 22.3 Å². The number of nitrogens with zero attached hydrogens (tertiary/aromatic N) is 1. The van der Waals surface area contributed by atoms with Crippen LogP contribution in [0.5, 0.6) is 5.75 Å². The lowest BCUT2D eigenvalue weighted by molar-refractivity contribution is -0.137. The molecule has 0 aliphatic rings. The molecular weight excluding hydrogens is 381 g/mol. The molecule has 4 rings (SSSR count). The van der Waals surface area contributed by atoms with Gasteiger partial charge in [0.2, 0.25) is 0 Å². The van der Waals surface area contributed by atoms with Crippen LogP contribution in [0.1, 0.15) is 11.1 Å². The molecule has 0 saturated carbocycles. The second-order valence-electron chi connectivity index (χ2n) is 6.75. The van der Waals surface area contributed by atoms with E-state index in [1.165, 1.54) is 24.5 Å². The summed E-state index contributed by atoms with van der Waals surface area (Å²) < 4.78 is 38.7. The van der Waals surface area contributed by atoms with Gasteiger partial charge in [0.25, 0.3) is 5.56 Å². The molecule has 0 fully saturated rings. The summed E-state index contributed by atoms with van der Waals surface area (Å²) in [4.78, 5) is 18.6. The maximum atomic E-state index is 12.9. The van der Waals surface area contributed by atoms with E-state index in [2.05, 4.69) is 9.97 Å². The standard InChI is InChI=1S/C22H15F3N2O2/c1-12-2-7-16(13-3-5-15(6-4-13)22(23,24)25)17(8-12)14-9-18-20(19(28)10-14)26-11-27-21(18)29/h2-11,28H,1H3,(H,26,27,29). The van der Waals surface area contributed by atoms with Gasteiger partial charge in [-0.25, -0.2) is 4.98 Å². The molecule has 0 bridgehead atoms. The van der Waals surface area contributed by atoms with Crippen LogP contribution in [0.4, 0.5) is 13.2 Å². The molecule has 0 aliphatic heterocycles. The number of hydrogen-bond acceptors (Lipinski definition) is 3. The molecule has 0 aliphatic carbocycles. The van der Waals surface area contributed by atoms with Crippen LogP contribution in [-0.4, -0.2) is 15.1 Å². The van der Waals surface area contributed by atoms with E-state index in [0.717, 1.165) is 17.7 Å². The van der Waals surface area contributed by atoms with Crippen molar-refractivity contribution in [2.75, 3.05) is 0 Å². The number of alkyl halides is 3. The number of benzene rings is 3. The van der Waals surface area contributed by atoms with Crippen molar-refractivity contribution in [2.45, 2.75) is 13.1 Å². The molecule has 1 aromatic heterocycles. The van der Waals surface area contributed by atoms with Crippen molar-refractivity contribution < 1.29 is 18.3 Å². The van der Waals surface area contributed by atoms with Gasteiger partial charge in [-0.05, 0) is 53.4 Å². The summed E-state index contributed by atoms with van der Waals surface area (Å²) in [5.74, 6) is -0.150. The molecule has 0 spiro atoms. The van der Waals surface area contributed by atoms with Crippen LogP contribution in [0.15, 0.2) is 65.7 Å². The SMILES string of the molecule is Cc1ccc(-c2ccc(C(F)(F)F)cc2)c(-c2cc(O)c3nc[nH]c(=O)c3c2)c1. The largest absolute Gasteiger partial charge is 0.506 e. The van der Waals surface area contributed by atoms with Crippen LogP contribution in [0, 0.1) is 6.92 Å². The van der Waals surface area contributed by atoms with Crippen LogP contribution >= 0.6 is 0 Å². The smallest absolute Gasteiger partial charge is 0.416 e. The first-order chi connectivity index (χ1) is 13.7. The summed E-state index contributed by atoms with van der Waals surface area (Å²) >= 11 is 0. The number of aromatic amines is 1. The molecule has 7 heteroatoms. The maximum absolute atomic E-state index is 12.9. The first kappa shape index (κ1) is 18.7. The van der Waals surface area contributed by atoms with Gasteiger partial charge in [-0.3, -0.25) is 4.79 Å². The van der Waals surface area contributed by atoms with Gasteiger partial charge in [0.05, 0.1) is 17.3 Å². The number of hydrogen-bond donors (Lipinski definition) is 2. The molecule has 0 saturated heterocycles. The fourth-order valence-corrected chi connectivity index (χ4v) is 3.30. The van der Waals surface area contributed by atoms with Gasteiger partial charge in [0.1, 0.15) is 11.3 Å². The number of rotatable bonds is 2. The van der Waals surface area contributed by atoms with Crippen LogP contribution < -0.4 is 5.56 Å². The molecule has 2 N–H and O–H groups in total. The molecule has 0 atom stereocenters. The molecule has 29 heavy (non-hydrogen) atoms. The van der Waals surface area contributed by atoms with Crippen molar-refractivity contribution in [3.8, 4) is 28.0 Å². The Hall–Kier alpha value is -3.61. The van der Waals surface area contributed by atoms with Crippen LogP contribution in [-0.2, 0) is 6.18 Å². The summed E-state index contributed by atoms with van der Waals surface area (Å²) in [5.41, 5.74) is 2.51. The first-order valence-electron chi connectivity index (χ1n) is 8.73. The lowest BCUT2D eigenvalue weighted by atomic mass is 9.92. The van der Waals surface area contributed by atoms with Crippen molar-refractivity contribution >= 4 is 10.9 Å². The predicted octanol–water partition coefficient (Wildman–Crippen LogP) is 5.29. The number of fused-ring (bicyclic) bond motifs is 1. The maximum Gasteiger partial charge on any atom is 0.416 e. The second kappa shape index (κ2) is 6.77. The Morgan fingerprint density at radius 2 is 1.66 bits per heavy atom. The van der Waals surface area contributed by atoms with E-state index in [1.54, 1.807) is 6.07 Å². The second-order valence-corrected chi connectivity index (χ2v) is 6.75. The van der Waals surface area contributed by atoms with Gasteiger partial charge in [0.15, 0.2) is 0 Å². The average molecular weight is 396 g/mol. The number of aromatic hydroxyl groups is 1. The zero-order valence-electron chi connectivity index (χ0n) is 15.2. The number of H-pyrrole nitrogens is 1. The molecule has 4 nitrogen and oxygen atoms in total. The van der Waals surface area contributed by atoms with Gasteiger partial charge in [-0.2, -0.15) is 13.2 Å². The number of nitrogens with one attached hydrogen (secondary N) is 1. The average Bonchev–Trinajstić information content (AvgIpc) is 2.68. The monoisotopic (exact) mass is 396 g/mol. The number of aromatic nitrogens is 2. The van der Waals surface area contributed by atoms with Gasteiger partial charge in [0, 0.05) is 0 Å². The topological polar surface area (TPSA) is 66.0 Å². The van der Waals surface area contributed by atoms with E-state index in [4.69, 9.17) is 0 Å². The zero-order chi connectivity index (χ0) is 20.8. The number of halogens is 3. The minimum atomic E-state index is -4.41. The highest BCUT2D eigenvalue weighted by Crippen LogP contribution is 2.37. The van der Waals surface area contributed by atoms with Crippen molar-refractivity contribution in [1.82, 2.24) is 9.97 Å². The van der Waals surface area contributed by atoms with Gasteiger partial charge in [-0.1, -0.05) is 35.9 Å². The van der Waals surface area contributed by atoms with E-state index in [1.807, 2.05) is 25.1 Å². The van der Waals surface area contributed by atoms with Crippen LogP contribution in [0.25, 0.3) is 33.2 Å². The molecule has 4 aromatic rings. The van der Waals surface area contributed by atoms with Crippen LogP contribution in [0.3, 0.4) is 0 Å². The fraction of sp³-hybridized carbons (Fsp3) is 0.0909. The summed E-state index contributed by atoms with van der Waals surface area (Å²) in [5, 5.41) is 10.6. The number of phenols is 1. The third-order valence-electron chi connectivity index (χ3n) is 4.73. The lowest BCUT2D eigenvalue weighted by Crippen LogP contribution is -2.06. The third kappa shape index (κ3) is 3.47. The minimum absolute atomic E-state index is 0.150. The summed E-state index contributed by atoms with van der Waals surface area (Å²) in [6, 6.07) is 13.5.